The van der Waals surface area contributed by atoms with Crippen LogP contribution in [-0.4, -0.2) is 89.8 Å². The average molecular weight is 701 g/mol. The van der Waals surface area contributed by atoms with Crippen LogP contribution in [0.3, 0.4) is 0 Å². The van der Waals surface area contributed by atoms with E-state index in [1.807, 2.05) is 50.8 Å². The summed E-state index contributed by atoms with van der Waals surface area (Å²) >= 11 is 0. The maximum Gasteiger partial charge on any atom is 0.410 e. The fraction of sp³-hybridized carbons (Fsp3) is 0.690. The van der Waals surface area contributed by atoms with Crippen LogP contribution in [0.4, 0.5) is 13.6 Å². The molecule has 1 N–H and O–H groups in total. The van der Waals surface area contributed by atoms with Crippen molar-refractivity contribution in [3.63, 3.8) is 0 Å². The van der Waals surface area contributed by atoms with Gasteiger partial charge < -0.3 is 15.0 Å². The number of likely N-dealkylation sites (tertiary alicyclic amines) is 2. The number of hydrogen-bond acceptors (Lipinski definition) is 5. The second kappa shape index (κ2) is 19.9. The number of carbonyl (C=O) groups is 1. The lowest BCUT2D eigenvalue weighted by atomic mass is 9.88. The van der Waals surface area contributed by atoms with Crippen LogP contribution < -0.4 is 5.32 Å². The number of amides is 1. The van der Waals surface area contributed by atoms with Gasteiger partial charge in [-0.15, -0.1) is 0 Å². The molecule has 284 valence electrons. The third-order valence-electron chi connectivity index (χ3n) is 10.2. The Morgan fingerprint density at radius 3 is 1.60 bits per heavy atom. The predicted molar refractivity (Wildman–Crippen MR) is 206 cm³/mol. The van der Waals surface area contributed by atoms with E-state index < -0.39 is 5.60 Å². The van der Waals surface area contributed by atoms with Gasteiger partial charge in [-0.1, -0.05) is 38.6 Å². The van der Waals surface area contributed by atoms with E-state index in [9.17, 15) is 13.6 Å². The van der Waals surface area contributed by atoms with Crippen LogP contribution >= 0.6 is 0 Å². The van der Waals surface area contributed by atoms with Crippen molar-refractivity contribution in [3.05, 3.63) is 71.3 Å². The molecule has 1 amide bonds. The quantitative estimate of drug-likeness (QED) is 0.239. The molecular weight excluding hydrogens is 630 g/mol. The highest BCUT2D eigenvalue weighted by molar-refractivity contribution is 5.68. The van der Waals surface area contributed by atoms with Crippen molar-refractivity contribution in [1.82, 2.24) is 20.0 Å². The van der Waals surface area contributed by atoms with Crippen molar-refractivity contribution in [1.29, 1.82) is 0 Å². The van der Waals surface area contributed by atoms with E-state index in [1.54, 1.807) is 18.2 Å². The lowest BCUT2D eigenvalue weighted by Gasteiger charge is -2.44. The standard InChI is InChI=1S/C23H37FN2O2.C18H29FN2.CH4/c1-7-25(21(27)28-22(2,3)4)17-18-11-13-26(14-12-18)23(5,6)16-19-9-8-10-20(24)15-19;1-4-20-14-15-8-10-21(11-9-15)18(2,3)13-16-6-5-7-17(19)12-16;/h8-10,15,18H,7,11-14,16-17H2,1-6H3;5-7,12,15,20H,4,8-11,13-14H2,1-3H3;1H4. The van der Waals surface area contributed by atoms with Crippen LogP contribution in [0.2, 0.25) is 0 Å². The number of rotatable bonds is 12. The summed E-state index contributed by atoms with van der Waals surface area (Å²) in [4.78, 5) is 19.3. The van der Waals surface area contributed by atoms with Gasteiger partial charge in [-0.3, -0.25) is 9.80 Å². The van der Waals surface area contributed by atoms with Crippen molar-refractivity contribution in [2.24, 2.45) is 11.8 Å². The largest absolute Gasteiger partial charge is 0.444 e. The molecule has 8 heteroatoms. The molecule has 50 heavy (non-hydrogen) atoms. The van der Waals surface area contributed by atoms with Crippen LogP contribution in [0.15, 0.2) is 48.5 Å². The van der Waals surface area contributed by atoms with E-state index in [4.69, 9.17) is 4.74 Å². The highest BCUT2D eigenvalue weighted by Gasteiger charge is 2.33. The molecule has 2 fully saturated rings. The molecule has 0 atom stereocenters. The van der Waals surface area contributed by atoms with E-state index in [0.29, 0.717) is 12.5 Å². The van der Waals surface area contributed by atoms with Crippen molar-refractivity contribution >= 4 is 6.09 Å². The van der Waals surface area contributed by atoms with E-state index in [0.717, 1.165) is 88.5 Å². The Kier molecular flexibility index (Phi) is 17.4. The van der Waals surface area contributed by atoms with Crippen molar-refractivity contribution in [3.8, 4) is 0 Å². The van der Waals surface area contributed by atoms with E-state index in [-0.39, 0.29) is 36.2 Å². The molecule has 0 aromatic heterocycles. The van der Waals surface area contributed by atoms with Crippen LogP contribution in [0.5, 0.6) is 0 Å². The van der Waals surface area contributed by atoms with Gasteiger partial charge in [0.25, 0.3) is 0 Å². The first kappa shape index (κ1) is 43.6. The third-order valence-corrected chi connectivity index (χ3v) is 10.2. The number of carbonyl (C=O) groups excluding carboxylic acids is 1. The first-order valence-electron chi connectivity index (χ1n) is 18.7. The molecule has 0 aliphatic carbocycles. The summed E-state index contributed by atoms with van der Waals surface area (Å²) in [7, 11) is 0. The number of ether oxygens (including phenoxy) is 1. The van der Waals surface area contributed by atoms with Crippen molar-refractivity contribution < 1.29 is 18.3 Å². The Labute approximate surface area is 304 Å². The summed E-state index contributed by atoms with van der Waals surface area (Å²) < 4.78 is 32.4. The first-order valence-corrected chi connectivity index (χ1v) is 18.7. The van der Waals surface area contributed by atoms with Gasteiger partial charge in [0.2, 0.25) is 0 Å². The van der Waals surface area contributed by atoms with Gasteiger partial charge in [0, 0.05) is 24.2 Å². The van der Waals surface area contributed by atoms with Crippen LogP contribution in [0, 0.1) is 23.5 Å². The maximum absolute atomic E-state index is 13.5. The summed E-state index contributed by atoms with van der Waals surface area (Å²) in [6.45, 7) is 26.8. The molecule has 4 rings (SSSR count). The molecule has 2 heterocycles. The molecule has 0 radical (unpaired) electrons. The van der Waals surface area contributed by atoms with Gasteiger partial charge in [-0.2, -0.15) is 0 Å². The molecule has 0 bridgehead atoms. The maximum atomic E-state index is 13.5. The third kappa shape index (κ3) is 14.6. The summed E-state index contributed by atoms with van der Waals surface area (Å²) in [5.41, 5.74) is 1.74. The number of benzene rings is 2. The highest BCUT2D eigenvalue weighted by atomic mass is 19.1. The van der Waals surface area contributed by atoms with Gasteiger partial charge in [0.15, 0.2) is 0 Å². The Bertz CT molecular complexity index is 1280. The number of nitrogens with one attached hydrogen (secondary N) is 1. The fourth-order valence-corrected chi connectivity index (χ4v) is 7.30. The molecule has 2 aliphatic rings. The lowest BCUT2D eigenvalue weighted by molar-refractivity contribution is 0.0168. The van der Waals surface area contributed by atoms with Gasteiger partial charge in [0.05, 0.1) is 0 Å². The van der Waals surface area contributed by atoms with Gasteiger partial charge >= 0.3 is 6.09 Å². The van der Waals surface area contributed by atoms with E-state index in [1.165, 1.54) is 25.0 Å². The van der Waals surface area contributed by atoms with Crippen LogP contribution in [0.25, 0.3) is 0 Å². The molecule has 0 spiro atoms. The Balaban J connectivity index is 0.000000353. The zero-order valence-corrected chi connectivity index (χ0v) is 32.1. The van der Waals surface area contributed by atoms with Crippen molar-refractivity contribution in [2.45, 2.75) is 125 Å². The zero-order valence-electron chi connectivity index (χ0n) is 32.1. The predicted octanol–water partition coefficient (Wildman–Crippen LogP) is 9.22. The molecule has 2 aromatic carbocycles. The summed E-state index contributed by atoms with van der Waals surface area (Å²) in [5, 5.41) is 3.46. The SMILES string of the molecule is C.CCN(CC1CCN(C(C)(C)Cc2cccc(F)c2)CC1)C(=O)OC(C)(C)C.CCNCC1CCN(C(C)(C)Cc2cccc(F)c2)CC1. The molecule has 0 saturated carbocycles. The first-order chi connectivity index (χ1) is 23.0. The second-order valence-corrected chi connectivity index (χ2v) is 16.4. The van der Waals surface area contributed by atoms with Gasteiger partial charge in [-0.25, -0.2) is 13.6 Å². The molecule has 0 unspecified atom stereocenters. The minimum atomic E-state index is -0.463. The zero-order chi connectivity index (χ0) is 36.2. The monoisotopic (exact) mass is 701 g/mol. The minimum absolute atomic E-state index is 0. The smallest absolute Gasteiger partial charge is 0.410 e. The van der Waals surface area contributed by atoms with Crippen molar-refractivity contribution in [2.75, 3.05) is 52.4 Å². The summed E-state index contributed by atoms with van der Waals surface area (Å²) in [6, 6.07) is 13.9. The molecule has 2 aliphatic heterocycles. The number of nitrogens with zero attached hydrogens (tertiary/aromatic N) is 3. The summed E-state index contributed by atoms with van der Waals surface area (Å²) in [5.74, 6) is 1.00. The highest BCUT2D eigenvalue weighted by Crippen LogP contribution is 2.29. The Morgan fingerprint density at radius 2 is 1.22 bits per heavy atom. The van der Waals surface area contributed by atoms with E-state index in [2.05, 4.69) is 49.7 Å². The molecule has 2 aromatic rings. The number of hydrogen-bond donors (Lipinski definition) is 1. The number of piperidine rings is 2. The molecule has 2 saturated heterocycles. The lowest BCUT2D eigenvalue weighted by Crippen LogP contribution is -2.51. The molecule has 6 nitrogen and oxygen atoms in total. The minimum Gasteiger partial charge on any atom is -0.444 e. The Hall–Kier alpha value is -2.55. The van der Waals surface area contributed by atoms with Crippen LogP contribution in [0.1, 0.15) is 107 Å². The van der Waals surface area contributed by atoms with E-state index >= 15 is 0 Å². The van der Waals surface area contributed by atoms with Crippen LogP contribution in [-0.2, 0) is 17.6 Å². The number of halogens is 2. The summed E-state index contributed by atoms with van der Waals surface area (Å²) in [6.07, 6.45) is 6.16. The topological polar surface area (TPSA) is 48.1 Å². The van der Waals surface area contributed by atoms with Gasteiger partial charge in [0.1, 0.15) is 17.2 Å². The second-order valence-electron chi connectivity index (χ2n) is 16.4. The van der Waals surface area contributed by atoms with Gasteiger partial charge in [-0.05, 0) is 180 Å². The fourth-order valence-electron chi connectivity index (χ4n) is 7.30. The average Bonchev–Trinajstić information content (AvgIpc) is 3.02. The normalized spacial score (nSPS) is 17.0. The molecular formula is C42H70F2N4O2. The Morgan fingerprint density at radius 1 is 0.780 bits per heavy atom.